The molecule has 0 aliphatic heterocycles. The van der Waals surface area contributed by atoms with Gasteiger partial charge in [-0.15, -0.1) is 0 Å². The summed E-state index contributed by atoms with van der Waals surface area (Å²) in [4.78, 5) is 11.4. The molecule has 0 fully saturated rings. The summed E-state index contributed by atoms with van der Waals surface area (Å²) < 4.78 is 44.9. The molecule has 0 aliphatic rings. The number of carbonyl (C=O) groups is 1. The Morgan fingerprint density at radius 2 is 0.895 bits per heavy atom. The molecule has 0 aromatic heterocycles. The number of hydrogen-bond acceptors (Lipinski definition) is 13. The van der Waals surface area contributed by atoms with E-state index in [0.717, 1.165) is 0 Å². The molecule has 13 nitrogen and oxygen atoms in total. The van der Waals surface area contributed by atoms with Crippen molar-refractivity contribution in [3.8, 4) is 0 Å². The highest BCUT2D eigenvalue weighted by molar-refractivity contribution is 5.68. The summed E-state index contributed by atoms with van der Waals surface area (Å²) in [5.74, 6) is -0.321. The van der Waals surface area contributed by atoms with E-state index in [4.69, 9.17) is 43.4 Å². The van der Waals surface area contributed by atoms with Crippen LogP contribution in [0.5, 0.6) is 0 Å². The van der Waals surface area contributed by atoms with Gasteiger partial charge in [-0.2, -0.15) is 0 Å². The van der Waals surface area contributed by atoms with E-state index >= 15 is 0 Å². The maximum atomic E-state index is 11.4. The molecule has 0 amide bonds. The zero-order chi connectivity index (χ0) is 28.4. The van der Waals surface area contributed by atoms with Crippen LogP contribution in [-0.2, 0) is 42.7 Å². The summed E-state index contributed by atoms with van der Waals surface area (Å²) in [7, 11) is 1.33. The van der Waals surface area contributed by atoms with Crippen LogP contribution in [0.1, 0.15) is 19.8 Å². The molecule has 0 atom stereocenters. The minimum absolute atomic E-state index is 0.113. The summed E-state index contributed by atoms with van der Waals surface area (Å²) in [6, 6.07) is 0. The highest BCUT2D eigenvalue weighted by atomic mass is 16.5. The predicted molar refractivity (Wildman–Crippen MR) is 136 cm³/mol. The molecule has 0 radical (unpaired) electrons. The Balaban J connectivity index is 5.51. The predicted octanol–water partition coefficient (Wildman–Crippen LogP) is -0.982. The van der Waals surface area contributed by atoms with E-state index in [1.54, 1.807) is 0 Å². The summed E-state index contributed by atoms with van der Waals surface area (Å²) in [6.45, 7) is 3.97. The van der Waals surface area contributed by atoms with Crippen molar-refractivity contribution in [3.63, 3.8) is 0 Å². The molecule has 0 heterocycles. The summed E-state index contributed by atoms with van der Waals surface area (Å²) in [5.41, 5.74) is -1.50. The first-order valence-electron chi connectivity index (χ1n) is 13.0. The third-order valence-corrected chi connectivity index (χ3v) is 5.31. The second-order valence-corrected chi connectivity index (χ2v) is 8.97. The quantitative estimate of drug-likeness (QED) is 0.0652. The Morgan fingerprint density at radius 3 is 1.24 bits per heavy atom. The Hall–Kier alpha value is -0.970. The largest absolute Gasteiger partial charge is 0.469 e. The highest BCUT2D eigenvalue weighted by Crippen LogP contribution is 2.25. The van der Waals surface area contributed by atoms with E-state index in [2.05, 4.69) is 4.74 Å². The molecule has 0 spiro atoms. The molecular formula is C25H50O13. The zero-order valence-corrected chi connectivity index (χ0v) is 23.1. The van der Waals surface area contributed by atoms with Gasteiger partial charge in [0.15, 0.2) is 0 Å². The number of aliphatic hydroxyl groups is 4. The summed E-state index contributed by atoms with van der Waals surface area (Å²) in [5, 5.41) is 36.7. The number of aliphatic hydroxyl groups excluding tert-OH is 4. The third kappa shape index (κ3) is 18.3. The van der Waals surface area contributed by atoms with Crippen molar-refractivity contribution in [2.24, 2.45) is 10.8 Å². The molecular weight excluding hydrogens is 508 g/mol. The highest BCUT2D eigenvalue weighted by Gasteiger charge is 2.36. The van der Waals surface area contributed by atoms with Crippen molar-refractivity contribution in [2.75, 3.05) is 126 Å². The molecule has 0 saturated heterocycles. The lowest BCUT2D eigenvalue weighted by Gasteiger charge is -2.36. The van der Waals surface area contributed by atoms with E-state index in [1.807, 2.05) is 6.92 Å². The van der Waals surface area contributed by atoms with Gasteiger partial charge in [-0.1, -0.05) is 0 Å². The molecule has 0 unspecified atom stereocenters. The average Bonchev–Trinajstić information content (AvgIpc) is 2.92. The molecule has 4 N–H and O–H groups in total. The van der Waals surface area contributed by atoms with Gasteiger partial charge >= 0.3 is 5.97 Å². The minimum Gasteiger partial charge on any atom is -0.469 e. The first-order chi connectivity index (χ1) is 18.5. The second kappa shape index (κ2) is 25.0. The van der Waals surface area contributed by atoms with Crippen LogP contribution in [0.25, 0.3) is 0 Å². The normalized spacial score (nSPS) is 12.3. The molecule has 0 rings (SSSR count). The van der Waals surface area contributed by atoms with Crippen LogP contribution < -0.4 is 0 Å². The summed E-state index contributed by atoms with van der Waals surface area (Å²) in [6.07, 6.45) is 0.699. The van der Waals surface area contributed by atoms with Crippen molar-refractivity contribution < 1.29 is 63.1 Å². The lowest BCUT2D eigenvalue weighted by Crippen LogP contribution is -2.46. The van der Waals surface area contributed by atoms with Gasteiger partial charge in [0.1, 0.15) is 0 Å². The molecule has 228 valence electrons. The number of methoxy groups -OCH3 is 1. The van der Waals surface area contributed by atoms with Crippen molar-refractivity contribution in [2.45, 2.75) is 19.8 Å². The van der Waals surface area contributed by atoms with Gasteiger partial charge in [-0.05, 0) is 13.3 Å². The van der Waals surface area contributed by atoms with E-state index in [0.29, 0.717) is 19.6 Å². The van der Waals surface area contributed by atoms with Crippen LogP contribution >= 0.6 is 0 Å². The SMILES string of the molecule is CCOCC(COCCO)(COCCO)COCC(COCCO)(COCCO)COCCCC(=O)OC. The van der Waals surface area contributed by atoms with Gasteiger partial charge in [0, 0.05) is 19.6 Å². The molecule has 0 aliphatic carbocycles. The minimum atomic E-state index is -0.787. The molecule has 0 aromatic rings. The van der Waals surface area contributed by atoms with Gasteiger partial charge in [-0.3, -0.25) is 4.79 Å². The fourth-order valence-electron chi connectivity index (χ4n) is 3.42. The van der Waals surface area contributed by atoms with E-state index in [-0.39, 0.29) is 118 Å². The van der Waals surface area contributed by atoms with Gasteiger partial charge in [-0.25, -0.2) is 0 Å². The first kappa shape index (κ1) is 37.0. The van der Waals surface area contributed by atoms with Gasteiger partial charge in [0.25, 0.3) is 0 Å². The van der Waals surface area contributed by atoms with Crippen molar-refractivity contribution in [1.82, 2.24) is 0 Å². The van der Waals surface area contributed by atoms with Crippen LogP contribution in [0.3, 0.4) is 0 Å². The Bertz CT molecular complexity index is 515. The zero-order valence-electron chi connectivity index (χ0n) is 23.1. The Morgan fingerprint density at radius 1 is 0.553 bits per heavy atom. The van der Waals surface area contributed by atoms with Crippen LogP contribution in [0.15, 0.2) is 0 Å². The van der Waals surface area contributed by atoms with Gasteiger partial charge < -0.3 is 58.3 Å². The molecule has 0 bridgehead atoms. The monoisotopic (exact) mass is 558 g/mol. The number of ether oxygens (including phenoxy) is 8. The molecule has 38 heavy (non-hydrogen) atoms. The van der Waals surface area contributed by atoms with Crippen molar-refractivity contribution >= 4 is 5.97 Å². The number of rotatable bonds is 29. The molecule has 0 saturated carbocycles. The van der Waals surface area contributed by atoms with E-state index < -0.39 is 10.8 Å². The maximum absolute atomic E-state index is 11.4. The van der Waals surface area contributed by atoms with Crippen LogP contribution in [-0.4, -0.2) is 152 Å². The van der Waals surface area contributed by atoms with E-state index in [9.17, 15) is 15.0 Å². The Kier molecular flexibility index (Phi) is 24.4. The fraction of sp³-hybridized carbons (Fsp3) is 0.960. The maximum Gasteiger partial charge on any atom is 0.305 e. The second-order valence-electron chi connectivity index (χ2n) is 8.97. The number of carbonyl (C=O) groups excluding carboxylic acids is 1. The Labute approximate surface area is 226 Å². The van der Waals surface area contributed by atoms with Gasteiger partial charge in [0.05, 0.1) is 124 Å². The van der Waals surface area contributed by atoms with Gasteiger partial charge in [0.2, 0.25) is 0 Å². The number of esters is 1. The third-order valence-electron chi connectivity index (χ3n) is 5.31. The standard InChI is InChI=1S/C25H50O13/c1-3-32-15-24(17-34-11-6-26,18-35-12-7-27)21-38-22-25(19-36-13-8-28,20-37-14-9-29)16-33-10-4-5-23(30)31-2/h26-29H,3-22H2,1-2H3. The smallest absolute Gasteiger partial charge is 0.305 e. The lowest BCUT2D eigenvalue weighted by atomic mass is 9.90. The summed E-state index contributed by atoms with van der Waals surface area (Å²) >= 11 is 0. The molecule has 13 heteroatoms. The van der Waals surface area contributed by atoms with Crippen LogP contribution in [0.2, 0.25) is 0 Å². The first-order valence-corrected chi connectivity index (χ1v) is 13.0. The van der Waals surface area contributed by atoms with Crippen molar-refractivity contribution in [3.05, 3.63) is 0 Å². The topological polar surface area (TPSA) is 172 Å². The number of hydrogen-bond donors (Lipinski definition) is 4. The van der Waals surface area contributed by atoms with Crippen molar-refractivity contribution in [1.29, 1.82) is 0 Å². The lowest BCUT2D eigenvalue weighted by molar-refractivity contribution is -0.146. The average molecular weight is 559 g/mol. The molecule has 0 aromatic carbocycles. The van der Waals surface area contributed by atoms with Crippen LogP contribution in [0.4, 0.5) is 0 Å². The van der Waals surface area contributed by atoms with Crippen LogP contribution in [0, 0.1) is 10.8 Å². The fourth-order valence-corrected chi connectivity index (χ4v) is 3.42. The van der Waals surface area contributed by atoms with E-state index in [1.165, 1.54) is 7.11 Å².